The number of allylic oxidation sites excluding steroid dienone is 3. The first-order chi connectivity index (χ1) is 32.1. The summed E-state index contributed by atoms with van der Waals surface area (Å²) in [6, 6.07) is 4.79. The van der Waals surface area contributed by atoms with Gasteiger partial charge in [-0.3, -0.25) is 14.4 Å². The number of aliphatic hydroxyl groups excluding tert-OH is 2. The van der Waals surface area contributed by atoms with Crippen LogP contribution >= 0.6 is 0 Å². The van der Waals surface area contributed by atoms with Gasteiger partial charge in [-0.05, 0) is 121 Å². The van der Waals surface area contributed by atoms with Crippen LogP contribution in [0.25, 0.3) is 0 Å². The molecule has 4 aliphatic rings. The van der Waals surface area contributed by atoms with Gasteiger partial charge in [-0.2, -0.15) is 0 Å². The fourth-order valence-corrected chi connectivity index (χ4v) is 11.5. The topological polar surface area (TPSA) is 199 Å². The van der Waals surface area contributed by atoms with E-state index >= 15 is 0 Å². The lowest BCUT2D eigenvalue weighted by Crippen LogP contribution is -2.64. The number of Topliss-reactive ketones (excluding diaryl/α,β-unsaturated/α-hetero) is 2. The fourth-order valence-electron chi connectivity index (χ4n) is 11.5. The molecule has 1 aliphatic carbocycles. The number of piperidine rings is 1. The van der Waals surface area contributed by atoms with E-state index < -0.39 is 89.7 Å². The number of esters is 1. The number of fused-ring (bicyclic) bond motifs is 3. The number of methoxy groups -OCH3 is 3. The predicted octanol–water partition coefficient (Wildman–Crippen LogP) is 6.97. The molecule has 15 atom stereocenters. The van der Waals surface area contributed by atoms with Crippen LogP contribution in [0.5, 0.6) is 0 Å². The maximum atomic E-state index is 14.7. The second-order valence-corrected chi connectivity index (χ2v) is 21.2. The fraction of sp³-hybridized carbons (Fsp3) is 0.741. The van der Waals surface area contributed by atoms with Crippen LogP contribution in [0, 0.1) is 43.4 Å². The van der Waals surface area contributed by atoms with Crippen molar-refractivity contribution in [1.29, 1.82) is 0 Å². The first-order valence-corrected chi connectivity index (χ1v) is 25.1. The highest BCUT2D eigenvalue weighted by molar-refractivity contribution is 6.39. The van der Waals surface area contributed by atoms with E-state index in [0.29, 0.717) is 63.4 Å². The molecular formula is C54H83NO13. The van der Waals surface area contributed by atoms with Crippen molar-refractivity contribution in [3.63, 3.8) is 0 Å². The minimum Gasteiger partial charge on any atom is -0.456 e. The summed E-state index contributed by atoms with van der Waals surface area (Å²) in [5.41, 5.74) is 3.32. The first-order valence-electron chi connectivity index (χ1n) is 25.1. The molecule has 2 saturated heterocycles. The number of rotatable bonds is 10. The number of carbonyl (C=O) groups excluding carboxylic acids is 4. The highest BCUT2D eigenvalue weighted by Gasteiger charge is 2.57. The number of amides is 1. The Hall–Kier alpha value is -3.34. The van der Waals surface area contributed by atoms with Crippen molar-refractivity contribution >= 4 is 23.4 Å². The van der Waals surface area contributed by atoms with Crippen LogP contribution < -0.4 is 0 Å². The molecule has 1 saturated carbocycles. The largest absolute Gasteiger partial charge is 0.456 e. The lowest BCUT2D eigenvalue weighted by molar-refractivity contribution is -0.302. The Labute approximate surface area is 405 Å². The molecule has 3 fully saturated rings. The molecular weight excluding hydrogens is 871 g/mol. The summed E-state index contributed by atoms with van der Waals surface area (Å²) >= 11 is 0. The summed E-state index contributed by atoms with van der Waals surface area (Å²) in [5.74, 6) is -7.39. The van der Waals surface area contributed by atoms with Crippen molar-refractivity contribution in [1.82, 2.24) is 4.90 Å². The second kappa shape index (κ2) is 24.2. The van der Waals surface area contributed by atoms with E-state index in [-0.39, 0.29) is 55.8 Å². The summed E-state index contributed by atoms with van der Waals surface area (Å²) in [6.45, 7) is 15.2. The molecule has 15 unspecified atom stereocenters. The monoisotopic (exact) mass is 954 g/mol. The highest BCUT2D eigenvalue weighted by atomic mass is 16.7. The number of ketones is 2. The normalized spacial score (nSPS) is 37.9. The highest BCUT2D eigenvalue weighted by Crippen LogP contribution is 2.42. The van der Waals surface area contributed by atoms with Gasteiger partial charge >= 0.3 is 5.97 Å². The van der Waals surface area contributed by atoms with Crippen molar-refractivity contribution in [3.8, 4) is 0 Å². The van der Waals surface area contributed by atoms with Gasteiger partial charge in [0, 0.05) is 52.6 Å². The Kier molecular flexibility index (Phi) is 19.8. The molecule has 68 heavy (non-hydrogen) atoms. The maximum Gasteiger partial charge on any atom is 0.329 e. The number of cyclic esters (lactones) is 1. The first kappa shape index (κ1) is 55.6. The Morgan fingerprint density at radius 1 is 0.912 bits per heavy atom. The minimum atomic E-state index is -2.53. The summed E-state index contributed by atoms with van der Waals surface area (Å²) in [4.78, 5) is 58.4. The number of aliphatic hydroxyl groups is 4. The number of nitrogens with zero attached hydrogens (tertiary/aromatic N) is 1. The number of aryl methyl sites for hydroxylation is 2. The van der Waals surface area contributed by atoms with Crippen molar-refractivity contribution in [2.75, 3.05) is 27.9 Å². The lowest BCUT2D eigenvalue weighted by Gasteiger charge is -2.47. The van der Waals surface area contributed by atoms with Gasteiger partial charge in [-0.15, -0.1) is 0 Å². The molecule has 1 aromatic rings. The van der Waals surface area contributed by atoms with E-state index in [1.165, 1.54) is 19.1 Å². The second-order valence-electron chi connectivity index (χ2n) is 21.2. The smallest absolute Gasteiger partial charge is 0.329 e. The van der Waals surface area contributed by atoms with Crippen LogP contribution in [0.15, 0.2) is 41.5 Å². The zero-order valence-electron chi connectivity index (χ0n) is 42.7. The van der Waals surface area contributed by atoms with Crippen LogP contribution in [0.3, 0.4) is 0 Å². The predicted molar refractivity (Wildman–Crippen MR) is 257 cm³/mol. The molecule has 1 amide bonds. The van der Waals surface area contributed by atoms with Crippen molar-refractivity contribution in [3.05, 3.63) is 58.2 Å². The third-order valence-corrected chi connectivity index (χ3v) is 15.8. The molecule has 5 rings (SSSR count). The van der Waals surface area contributed by atoms with E-state index in [4.69, 9.17) is 23.7 Å². The Bertz CT molecular complexity index is 1950. The zero-order valence-corrected chi connectivity index (χ0v) is 42.7. The number of hydrogen-bond acceptors (Lipinski definition) is 13. The molecule has 3 heterocycles. The van der Waals surface area contributed by atoms with Crippen LogP contribution in [-0.4, -0.2) is 131 Å². The summed E-state index contributed by atoms with van der Waals surface area (Å²) in [7, 11) is 4.62. The molecule has 2 bridgehead atoms. The molecule has 4 N–H and O–H groups in total. The average Bonchev–Trinajstić information content (AvgIpc) is 3.30. The Morgan fingerprint density at radius 3 is 2.21 bits per heavy atom. The van der Waals surface area contributed by atoms with Gasteiger partial charge in [-0.25, -0.2) is 4.79 Å². The molecule has 1 aromatic carbocycles. The number of hydrogen-bond donors (Lipinski definition) is 4. The molecule has 0 spiro atoms. The van der Waals surface area contributed by atoms with Gasteiger partial charge in [0.15, 0.2) is 0 Å². The maximum absolute atomic E-state index is 14.7. The minimum absolute atomic E-state index is 0.0228. The van der Waals surface area contributed by atoms with Crippen LogP contribution in [0.4, 0.5) is 0 Å². The van der Waals surface area contributed by atoms with Crippen LogP contribution in [0.1, 0.15) is 148 Å². The van der Waals surface area contributed by atoms with Crippen molar-refractivity contribution in [2.24, 2.45) is 29.6 Å². The van der Waals surface area contributed by atoms with Crippen molar-refractivity contribution < 1.29 is 63.3 Å². The molecule has 0 aromatic heterocycles. The van der Waals surface area contributed by atoms with Gasteiger partial charge in [0.25, 0.3) is 11.7 Å². The summed E-state index contributed by atoms with van der Waals surface area (Å²) < 4.78 is 30.4. The van der Waals surface area contributed by atoms with Gasteiger partial charge < -0.3 is 49.0 Å². The van der Waals surface area contributed by atoms with E-state index in [9.17, 15) is 39.6 Å². The quantitative estimate of drug-likeness (QED) is 0.107. The third kappa shape index (κ3) is 13.3. The molecule has 0 radical (unpaired) electrons. The molecule has 14 nitrogen and oxygen atoms in total. The van der Waals surface area contributed by atoms with Gasteiger partial charge in [-0.1, -0.05) is 81.2 Å². The van der Waals surface area contributed by atoms with Crippen molar-refractivity contribution in [2.45, 2.75) is 199 Å². The standard InChI is InChI=1S/C54H83NO13/c1-12-38-17-20-55-42(28-38)52(61)67-48(35(6)26-39-15-18-53(62,47(29-39)66-11)19-16-43(57)40-23-32(3)22-33(4)24-40)37(8)44(58)30-41(56)14-13-31(2)21-34(5)25-45(64-9)49-46(65-10)27-36(7)54(63,68-49)50(59)51(55)60/h13,22-24,26,34,36-39,42-49,57-58,62-63H,12,14-21,25,27-30H2,1-11H3/b31-13-,35-26?. The Morgan fingerprint density at radius 2 is 1.57 bits per heavy atom. The SMILES string of the molecule is CCC1CCN2C(=O)C(=O)C3(O)OC(C(OC)CC(C)C/C(C)=C\CC(=O)CC(O)C(C)C(C(C)=CC4CCC(O)(CCC(O)c5cc(C)cc(C)c5)C(OC)C4)OC(=O)C2C1)C(OC)CC3C. The number of benzene rings is 1. The molecule has 382 valence electrons. The molecule has 14 heteroatoms. The third-order valence-electron chi connectivity index (χ3n) is 15.8. The van der Waals surface area contributed by atoms with E-state index in [2.05, 4.69) is 6.07 Å². The number of carbonyl (C=O) groups is 4. The van der Waals surface area contributed by atoms with Crippen LogP contribution in [-0.2, 0) is 42.9 Å². The number of ether oxygens (including phenoxy) is 5. The zero-order chi connectivity index (χ0) is 50.2. The van der Waals surface area contributed by atoms with Gasteiger partial charge in [0.2, 0.25) is 5.79 Å². The molecule has 3 aliphatic heterocycles. The summed E-state index contributed by atoms with van der Waals surface area (Å²) in [5, 5.41) is 47.0. The average molecular weight is 954 g/mol. The lowest BCUT2D eigenvalue weighted by atomic mass is 9.73. The van der Waals surface area contributed by atoms with E-state index in [1.54, 1.807) is 21.0 Å². The van der Waals surface area contributed by atoms with E-state index in [1.807, 2.05) is 65.8 Å². The summed E-state index contributed by atoms with van der Waals surface area (Å²) in [6.07, 6.45) is 2.94. The van der Waals surface area contributed by atoms with E-state index in [0.717, 1.165) is 22.3 Å². The van der Waals surface area contributed by atoms with Gasteiger partial charge in [0.05, 0.1) is 36.1 Å². The van der Waals surface area contributed by atoms with Crippen LogP contribution in [0.2, 0.25) is 0 Å². The Balaban J connectivity index is 1.46. The van der Waals surface area contributed by atoms with Gasteiger partial charge in [0.1, 0.15) is 24.0 Å².